The fraction of sp³-hybridized carbons (Fsp3) is 0.333. The number of carbonyl (C=O) groups excluding carboxylic acids is 2. The number of rotatable bonds is 9. The zero-order valence-electron chi connectivity index (χ0n) is 15.6. The number of hydrogen-bond donors (Lipinski definition) is 0. The van der Waals surface area contributed by atoms with Crippen LogP contribution in [0.4, 0.5) is 0 Å². The summed E-state index contributed by atoms with van der Waals surface area (Å²) in [5, 5.41) is 11.9. The van der Waals surface area contributed by atoms with Gasteiger partial charge in [-0.25, -0.2) is 4.98 Å². The summed E-state index contributed by atoms with van der Waals surface area (Å²) in [4.78, 5) is 29.1. The van der Waals surface area contributed by atoms with Crippen molar-refractivity contribution in [2.75, 3.05) is 7.05 Å². The average Bonchev–Trinajstić information content (AvgIpc) is 3.21. The molecule has 140 valence electrons. The molecule has 2 rings (SSSR count). The summed E-state index contributed by atoms with van der Waals surface area (Å²) in [5.41, 5.74) is 2.20. The molecule has 0 aliphatic carbocycles. The van der Waals surface area contributed by atoms with Crippen LogP contribution in [0.2, 0.25) is 0 Å². The van der Waals surface area contributed by atoms with Gasteiger partial charge < -0.3 is 9.69 Å². The maximum Gasteiger partial charge on any atom is 0.264 e. The van der Waals surface area contributed by atoms with E-state index in [1.165, 1.54) is 17.4 Å². The summed E-state index contributed by atoms with van der Waals surface area (Å²) < 4.78 is 0. The molecule has 0 saturated carbocycles. The Bertz CT molecular complexity index is 820. The van der Waals surface area contributed by atoms with Crippen LogP contribution in [0.3, 0.4) is 0 Å². The van der Waals surface area contributed by atoms with Crippen LogP contribution in [0.1, 0.15) is 48.4 Å². The Labute approximate surface area is 164 Å². The molecule has 1 heterocycles. The van der Waals surface area contributed by atoms with E-state index in [9.17, 15) is 14.9 Å². The summed E-state index contributed by atoms with van der Waals surface area (Å²) in [6.45, 7) is 2.07. The molecule has 0 spiro atoms. The van der Waals surface area contributed by atoms with Crippen LogP contribution in [-0.2, 0) is 16.0 Å². The highest BCUT2D eigenvalue weighted by Crippen LogP contribution is 2.27. The van der Waals surface area contributed by atoms with Crippen molar-refractivity contribution in [1.82, 2.24) is 9.88 Å². The van der Waals surface area contributed by atoms with Gasteiger partial charge in [-0.05, 0) is 30.0 Å². The first-order valence-corrected chi connectivity index (χ1v) is 9.79. The zero-order chi connectivity index (χ0) is 19.6. The fourth-order valence-electron chi connectivity index (χ4n) is 2.89. The van der Waals surface area contributed by atoms with Crippen molar-refractivity contribution < 1.29 is 9.59 Å². The maximum absolute atomic E-state index is 12.9. The van der Waals surface area contributed by atoms with Crippen molar-refractivity contribution in [2.24, 2.45) is 0 Å². The molecule has 1 atom stereocenters. The molecule has 0 radical (unpaired) electrons. The Balaban J connectivity index is 2.22. The van der Waals surface area contributed by atoms with Crippen LogP contribution in [-0.4, -0.2) is 29.1 Å². The summed E-state index contributed by atoms with van der Waals surface area (Å²) >= 11 is 1.38. The monoisotopic (exact) mass is 381 g/mol. The first kappa shape index (κ1) is 20.5. The van der Waals surface area contributed by atoms with Crippen LogP contribution >= 0.6 is 11.3 Å². The molecule has 0 bridgehead atoms. The van der Waals surface area contributed by atoms with Crippen LogP contribution in [0.15, 0.2) is 41.4 Å². The molecule has 6 heteroatoms. The minimum absolute atomic E-state index is 0.0798. The number of hydrogen-bond acceptors (Lipinski definition) is 5. The molecule has 1 amide bonds. The van der Waals surface area contributed by atoms with Crippen LogP contribution < -0.4 is 0 Å². The Morgan fingerprint density at radius 3 is 2.67 bits per heavy atom. The van der Waals surface area contributed by atoms with Gasteiger partial charge in [-0.15, -0.1) is 11.3 Å². The standard InChI is InChI=1S/C21H23N3O2S/c1-3-5-19(17-9-7-16(8-10-17)6-4-12-25)24(2)21(26)18(15-22)14-20-23-11-13-27-20/h7-14,19H,3-6H2,1-2H3/b18-14+. The van der Waals surface area contributed by atoms with Crippen LogP contribution in [0, 0.1) is 11.3 Å². The molecule has 2 aromatic rings. The van der Waals surface area contributed by atoms with Gasteiger partial charge in [-0.1, -0.05) is 37.6 Å². The highest BCUT2D eigenvalue weighted by Gasteiger charge is 2.24. The van der Waals surface area contributed by atoms with Gasteiger partial charge >= 0.3 is 0 Å². The molecule has 0 aliphatic rings. The molecule has 1 aromatic carbocycles. The quantitative estimate of drug-likeness (QED) is 0.371. The predicted molar refractivity (Wildman–Crippen MR) is 107 cm³/mol. The lowest BCUT2D eigenvalue weighted by Crippen LogP contribution is -2.32. The van der Waals surface area contributed by atoms with E-state index < -0.39 is 0 Å². The molecular weight excluding hydrogens is 358 g/mol. The Kier molecular flexibility index (Phi) is 7.90. The number of nitrogens with zero attached hydrogens (tertiary/aromatic N) is 3. The molecule has 5 nitrogen and oxygen atoms in total. The number of nitriles is 1. The topological polar surface area (TPSA) is 74.1 Å². The van der Waals surface area contributed by atoms with Crippen molar-refractivity contribution in [3.05, 3.63) is 57.6 Å². The molecule has 0 N–H and O–H groups in total. The van der Waals surface area contributed by atoms with Crippen LogP contribution in [0.5, 0.6) is 0 Å². The van der Waals surface area contributed by atoms with E-state index in [1.807, 2.05) is 30.3 Å². The molecular formula is C21H23N3O2S. The summed E-state index contributed by atoms with van der Waals surface area (Å²) in [6, 6.07) is 9.88. The second-order valence-electron chi connectivity index (χ2n) is 6.21. The van der Waals surface area contributed by atoms with Gasteiger partial charge in [-0.3, -0.25) is 4.79 Å². The summed E-state index contributed by atoms with van der Waals surface area (Å²) in [6.07, 6.45) is 7.02. The van der Waals surface area contributed by atoms with E-state index in [2.05, 4.69) is 11.9 Å². The molecule has 0 saturated heterocycles. The number of carbonyl (C=O) groups is 2. The van der Waals surface area contributed by atoms with E-state index in [1.54, 1.807) is 23.5 Å². The normalized spacial score (nSPS) is 12.3. The maximum atomic E-state index is 12.9. The summed E-state index contributed by atoms with van der Waals surface area (Å²) in [5.74, 6) is -0.309. The number of aryl methyl sites for hydroxylation is 1. The fourth-order valence-corrected chi connectivity index (χ4v) is 3.46. The number of aromatic nitrogens is 1. The molecule has 0 aliphatic heterocycles. The van der Waals surface area contributed by atoms with Gasteiger partial charge in [0.1, 0.15) is 22.9 Å². The lowest BCUT2D eigenvalue weighted by atomic mass is 9.98. The van der Waals surface area contributed by atoms with Gasteiger partial charge in [0, 0.05) is 25.0 Å². The summed E-state index contributed by atoms with van der Waals surface area (Å²) in [7, 11) is 1.73. The number of benzene rings is 1. The van der Waals surface area contributed by atoms with E-state index in [4.69, 9.17) is 0 Å². The second kappa shape index (κ2) is 10.4. The molecule has 0 fully saturated rings. The van der Waals surface area contributed by atoms with Crippen molar-refractivity contribution in [2.45, 2.75) is 38.6 Å². The minimum atomic E-state index is -0.309. The average molecular weight is 382 g/mol. The number of thiazole rings is 1. The number of likely N-dealkylation sites (N-methyl/N-ethyl adjacent to an activating group) is 1. The number of aldehydes is 1. The first-order chi connectivity index (χ1) is 13.1. The van der Waals surface area contributed by atoms with E-state index in [-0.39, 0.29) is 17.5 Å². The van der Waals surface area contributed by atoms with Crippen LogP contribution in [0.25, 0.3) is 6.08 Å². The lowest BCUT2D eigenvalue weighted by molar-refractivity contribution is -0.127. The lowest BCUT2D eigenvalue weighted by Gasteiger charge is -2.28. The third kappa shape index (κ3) is 5.60. The van der Waals surface area contributed by atoms with Crippen molar-refractivity contribution in [3.8, 4) is 6.07 Å². The Morgan fingerprint density at radius 1 is 1.37 bits per heavy atom. The van der Waals surface area contributed by atoms with Gasteiger partial charge in [0.15, 0.2) is 0 Å². The Hall–Kier alpha value is -2.78. The highest BCUT2D eigenvalue weighted by molar-refractivity contribution is 7.10. The molecule has 1 unspecified atom stereocenters. The minimum Gasteiger partial charge on any atom is -0.334 e. The predicted octanol–water partition coefficient (Wildman–Crippen LogP) is 4.18. The van der Waals surface area contributed by atoms with Gasteiger partial charge in [0.25, 0.3) is 5.91 Å². The Morgan fingerprint density at radius 2 is 2.11 bits per heavy atom. The molecule has 27 heavy (non-hydrogen) atoms. The first-order valence-electron chi connectivity index (χ1n) is 8.91. The van der Waals surface area contributed by atoms with Gasteiger partial charge in [-0.2, -0.15) is 5.26 Å². The van der Waals surface area contributed by atoms with E-state index in [0.717, 1.165) is 30.3 Å². The third-order valence-electron chi connectivity index (χ3n) is 4.34. The molecule has 1 aromatic heterocycles. The third-order valence-corrected chi connectivity index (χ3v) is 5.06. The second-order valence-corrected chi connectivity index (χ2v) is 7.13. The van der Waals surface area contributed by atoms with Crippen molar-refractivity contribution in [3.63, 3.8) is 0 Å². The van der Waals surface area contributed by atoms with E-state index >= 15 is 0 Å². The zero-order valence-corrected chi connectivity index (χ0v) is 16.4. The largest absolute Gasteiger partial charge is 0.334 e. The SMILES string of the molecule is CCCC(c1ccc(CCC=O)cc1)N(C)C(=O)/C(C#N)=C/c1nccs1. The van der Waals surface area contributed by atoms with E-state index in [0.29, 0.717) is 17.8 Å². The number of amides is 1. The van der Waals surface area contributed by atoms with Crippen molar-refractivity contribution >= 4 is 29.6 Å². The van der Waals surface area contributed by atoms with Crippen molar-refractivity contribution in [1.29, 1.82) is 5.26 Å². The smallest absolute Gasteiger partial charge is 0.264 e. The van der Waals surface area contributed by atoms with Gasteiger partial charge in [0.05, 0.1) is 6.04 Å². The highest BCUT2D eigenvalue weighted by atomic mass is 32.1. The van der Waals surface area contributed by atoms with Gasteiger partial charge in [0.2, 0.25) is 0 Å².